The van der Waals surface area contributed by atoms with Gasteiger partial charge in [0.1, 0.15) is 16.8 Å². The number of nitrogens with one attached hydrogen (secondary N) is 1. The molecule has 0 spiro atoms. The van der Waals surface area contributed by atoms with Crippen LogP contribution in [0, 0.1) is 11.3 Å². The van der Waals surface area contributed by atoms with E-state index < -0.39 is 11.3 Å². The summed E-state index contributed by atoms with van der Waals surface area (Å²) in [6.07, 6.45) is 3.47. The molecule has 1 aromatic heterocycles. The van der Waals surface area contributed by atoms with Crippen molar-refractivity contribution in [1.29, 1.82) is 5.26 Å². The maximum absolute atomic E-state index is 11.2. The first-order valence-corrected chi connectivity index (χ1v) is 11.5. The standard InChI is InChI=1S/C22H21N3O3S2/c1-13(2)28-20-9-6-14(10-15(20)11-23)22-24-12-21(29-22)18-5-3-4-17-16(18)7-8-19(17)25-30(26)27/h3-6,9-10,12-13,19,25H,7-8H2,1-2H3,(H,26,27). The summed E-state index contributed by atoms with van der Waals surface area (Å²) in [7, 11) is 0. The Morgan fingerprint density at radius 3 is 2.93 bits per heavy atom. The highest BCUT2D eigenvalue weighted by molar-refractivity contribution is 7.77. The third kappa shape index (κ3) is 4.16. The predicted octanol–water partition coefficient (Wildman–Crippen LogP) is 4.85. The quantitative estimate of drug-likeness (QED) is 0.535. The van der Waals surface area contributed by atoms with E-state index in [1.807, 2.05) is 50.4 Å². The minimum Gasteiger partial charge on any atom is -0.490 e. The molecule has 154 valence electrons. The van der Waals surface area contributed by atoms with Crippen molar-refractivity contribution in [2.75, 3.05) is 0 Å². The van der Waals surface area contributed by atoms with Crippen molar-refractivity contribution in [3.8, 4) is 32.8 Å². The number of hydrogen-bond acceptors (Lipinski definition) is 5. The molecule has 3 aromatic rings. The van der Waals surface area contributed by atoms with E-state index in [1.165, 1.54) is 5.56 Å². The van der Waals surface area contributed by atoms with Gasteiger partial charge in [0.05, 0.1) is 16.5 Å². The van der Waals surface area contributed by atoms with E-state index in [4.69, 9.17) is 4.74 Å². The third-order valence-electron chi connectivity index (χ3n) is 4.99. The molecule has 0 bridgehead atoms. The number of fused-ring (bicyclic) bond motifs is 1. The van der Waals surface area contributed by atoms with Gasteiger partial charge < -0.3 is 4.74 Å². The Kier molecular flexibility index (Phi) is 5.97. The molecule has 0 saturated carbocycles. The fourth-order valence-corrected chi connectivity index (χ4v) is 5.22. The molecule has 2 atom stereocenters. The van der Waals surface area contributed by atoms with Gasteiger partial charge in [-0.25, -0.2) is 13.9 Å². The average molecular weight is 440 g/mol. The minimum absolute atomic E-state index is 0.00355. The van der Waals surface area contributed by atoms with E-state index in [9.17, 15) is 14.0 Å². The summed E-state index contributed by atoms with van der Waals surface area (Å²) in [6.45, 7) is 3.86. The molecule has 8 heteroatoms. The predicted molar refractivity (Wildman–Crippen MR) is 118 cm³/mol. The lowest BCUT2D eigenvalue weighted by Crippen LogP contribution is -2.20. The summed E-state index contributed by atoms with van der Waals surface area (Å²) >= 11 is -0.472. The van der Waals surface area contributed by atoms with E-state index in [0.29, 0.717) is 11.3 Å². The lowest BCUT2D eigenvalue weighted by Gasteiger charge is -2.12. The van der Waals surface area contributed by atoms with Crippen molar-refractivity contribution in [2.24, 2.45) is 0 Å². The topological polar surface area (TPSA) is 95.2 Å². The number of hydrogen-bond donors (Lipinski definition) is 2. The average Bonchev–Trinajstić information content (AvgIpc) is 3.35. The number of thiazole rings is 1. The van der Waals surface area contributed by atoms with Gasteiger partial charge in [0, 0.05) is 17.8 Å². The Bertz CT molecular complexity index is 1150. The Labute approximate surface area is 182 Å². The summed E-state index contributed by atoms with van der Waals surface area (Å²) < 4.78 is 28.8. The summed E-state index contributed by atoms with van der Waals surface area (Å²) in [4.78, 5) is 5.62. The molecule has 6 nitrogen and oxygen atoms in total. The molecule has 4 rings (SSSR count). The van der Waals surface area contributed by atoms with Gasteiger partial charge in [-0.2, -0.15) is 5.26 Å². The molecule has 2 N–H and O–H groups in total. The molecular weight excluding hydrogens is 418 g/mol. The zero-order valence-electron chi connectivity index (χ0n) is 16.6. The van der Waals surface area contributed by atoms with E-state index in [2.05, 4.69) is 21.8 Å². The molecule has 2 aromatic carbocycles. The molecule has 0 saturated heterocycles. The summed E-state index contributed by atoms with van der Waals surface area (Å²) in [5, 5.41) is 10.3. The van der Waals surface area contributed by atoms with Gasteiger partial charge in [0.15, 0.2) is 0 Å². The molecule has 1 heterocycles. The number of nitrogens with zero attached hydrogens (tertiary/aromatic N) is 2. The van der Waals surface area contributed by atoms with Crippen LogP contribution in [0.5, 0.6) is 5.75 Å². The molecule has 1 aliphatic rings. The maximum atomic E-state index is 11.2. The molecule has 0 fully saturated rings. The smallest absolute Gasteiger partial charge is 0.232 e. The number of benzene rings is 2. The lowest BCUT2D eigenvalue weighted by molar-refractivity contribution is 0.242. The summed E-state index contributed by atoms with van der Waals surface area (Å²) in [5.41, 5.74) is 4.72. The first kappa shape index (κ1) is 20.7. The zero-order valence-corrected chi connectivity index (χ0v) is 18.2. The van der Waals surface area contributed by atoms with E-state index in [-0.39, 0.29) is 12.1 Å². The zero-order chi connectivity index (χ0) is 21.3. The first-order chi connectivity index (χ1) is 14.5. The summed E-state index contributed by atoms with van der Waals surface area (Å²) in [6, 6.07) is 13.7. The Morgan fingerprint density at radius 1 is 1.37 bits per heavy atom. The molecule has 0 aliphatic heterocycles. The lowest BCUT2D eigenvalue weighted by atomic mass is 10.0. The van der Waals surface area contributed by atoms with Crippen LogP contribution in [0.25, 0.3) is 21.0 Å². The van der Waals surface area contributed by atoms with Crippen LogP contribution in [-0.2, 0) is 17.7 Å². The normalized spacial score (nSPS) is 16.3. The SMILES string of the molecule is CC(C)Oc1ccc(-c2ncc(-c3cccc4c3CCC4NS(=O)O)s2)cc1C#N. The highest BCUT2D eigenvalue weighted by Crippen LogP contribution is 2.41. The monoisotopic (exact) mass is 439 g/mol. The van der Waals surface area contributed by atoms with Crippen LogP contribution in [-0.4, -0.2) is 19.8 Å². The van der Waals surface area contributed by atoms with Crippen molar-refractivity contribution in [3.63, 3.8) is 0 Å². The van der Waals surface area contributed by atoms with Gasteiger partial charge in [-0.05, 0) is 61.6 Å². The number of aromatic nitrogens is 1. The number of rotatable bonds is 6. The van der Waals surface area contributed by atoms with Gasteiger partial charge in [-0.3, -0.25) is 4.55 Å². The second-order valence-corrected chi connectivity index (χ2v) is 9.12. The molecular formula is C22H21N3O3S2. The molecule has 0 amide bonds. The Hall–Kier alpha value is -2.57. The van der Waals surface area contributed by atoms with Crippen LogP contribution in [0.15, 0.2) is 42.6 Å². The van der Waals surface area contributed by atoms with Crippen LogP contribution in [0.3, 0.4) is 0 Å². The van der Waals surface area contributed by atoms with Crippen LogP contribution < -0.4 is 9.46 Å². The number of ether oxygens (including phenoxy) is 1. The highest BCUT2D eigenvalue weighted by atomic mass is 32.2. The van der Waals surface area contributed by atoms with Gasteiger partial charge in [-0.1, -0.05) is 18.2 Å². The third-order valence-corrected chi connectivity index (χ3v) is 6.56. The second kappa shape index (κ2) is 8.66. The van der Waals surface area contributed by atoms with Crippen molar-refractivity contribution < 1.29 is 13.5 Å². The van der Waals surface area contributed by atoms with Crippen molar-refractivity contribution in [1.82, 2.24) is 9.71 Å². The number of nitriles is 1. The van der Waals surface area contributed by atoms with Crippen molar-refractivity contribution in [3.05, 3.63) is 59.3 Å². The van der Waals surface area contributed by atoms with Crippen molar-refractivity contribution in [2.45, 2.75) is 38.8 Å². The molecule has 1 aliphatic carbocycles. The van der Waals surface area contributed by atoms with E-state index >= 15 is 0 Å². The Morgan fingerprint density at radius 2 is 2.20 bits per heavy atom. The van der Waals surface area contributed by atoms with Crippen LogP contribution >= 0.6 is 11.3 Å². The fourth-order valence-electron chi connectivity index (χ4n) is 3.77. The molecule has 2 unspecified atom stereocenters. The minimum atomic E-state index is -2.04. The largest absolute Gasteiger partial charge is 0.490 e. The summed E-state index contributed by atoms with van der Waals surface area (Å²) in [5.74, 6) is 0.578. The first-order valence-electron chi connectivity index (χ1n) is 9.62. The van der Waals surface area contributed by atoms with Gasteiger partial charge in [0.2, 0.25) is 11.3 Å². The highest BCUT2D eigenvalue weighted by Gasteiger charge is 2.26. The van der Waals surface area contributed by atoms with Gasteiger partial charge >= 0.3 is 0 Å². The fraction of sp³-hybridized carbons (Fsp3) is 0.273. The van der Waals surface area contributed by atoms with E-state index in [1.54, 1.807) is 11.3 Å². The van der Waals surface area contributed by atoms with E-state index in [0.717, 1.165) is 39.4 Å². The maximum Gasteiger partial charge on any atom is 0.232 e. The Balaban J connectivity index is 1.66. The van der Waals surface area contributed by atoms with Crippen LogP contribution in [0.1, 0.15) is 43.0 Å². The van der Waals surface area contributed by atoms with Crippen molar-refractivity contribution >= 4 is 22.6 Å². The second-order valence-electron chi connectivity index (χ2n) is 7.35. The van der Waals surface area contributed by atoms with Gasteiger partial charge in [0.25, 0.3) is 0 Å². The van der Waals surface area contributed by atoms with Crippen LogP contribution in [0.4, 0.5) is 0 Å². The van der Waals surface area contributed by atoms with Gasteiger partial charge in [-0.15, -0.1) is 11.3 Å². The van der Waals surface area contributed by atoms with Crippen LogP contribution in [0.2, 0.25) is 0 Å². The molecule has 0 radical (unpaired) electrons. The molecule has 30 heavy (non-hydrogen) atoms.